The van der Waals surface area contributed by atoms with Crippen molar-refractivity contribution in [3.05, 3.63) is 0 Å². The van der Waals surface area contributed by atoms with Crippen molar-refractivity contribution in [3.63, 3.8) is 0 Å². The fourth-order valence-corrected chi connectivity index (χ4v) is 3.74. The Balaban J connectivity index is 1.35. The molecular weight excluding hydrogens is 206 g/mol. The second-order valence-corrected chi connectivity index (χ2v) is 5.72. The molecule has 1 N–H and O–H groups in total. The summed E-state index contributed by atoms with van der Waals surface area (Å²) in [7, 11) is 2.19. The van der Waals surface area contributed by atoms with Gasteiger partial charge in [0.1, 0.15) is 0 Å². The van der Waals surface area contributed by atoms with E-state index in [-0.39, 0.29) is 12.0 Å². The third kappa shape index (κ3) is 0.948. The van der Waals surface area contributed by atoms with Gasteiger partial charge in [-0.05, 0) is 13.5 Å². The number of amides is 1. The van der Waals surface area contributed by atoms with Crippen LogP contribution in [-0.4, -0.2) is 82.7 Å². The minimum absolute atomic E-state index is 0.191. The molecule has 0 aromatic rings. The first-order valence-corrected chi connectivity index (χ1v) is 6.06. The molecule has 3 heterocycles. The lowest BCUT2D eigenvalue weighted by Crippen LogP contribution is -2.56. The first-order chi connectivity index (χ1) is 7.63. The Labute approximate surface area is 94.6 Å². The van der Waals surface area contributed by atoms with E-state index < -0.39 is 0 Å². The summed E-state index contributed by atoms with van der Waals surface area (Å²) in [4.78, 5) is 18.4. The quantitative estimate of drug-likeness (QED) is 0.569. The normalized spacial score (nSPS) is 49.6. The van der Waals surface area contributed by atoms with Crippen LogP contribution in [-0.2, 0) is 4.79 Å². The van der Waals surface area contributed by atoms with Crippen molar-refractivity contribution in [1.82, 2.24) is 14.7 Å². The second-order valence-electron chi connectivity index (χ2n) is 5.72. The zero-order valence-corrected chi connectivity index (χ0v) is 9.46. The van der Waals surface area contributed by atoms with Crippen molar-refractivity contribution >= 4 is 5.91 Å². The van der Waals surface area contributed by atoms with Crippen molar-refractivity contribution in [1.29, 1.82) is 0 Å². The highest BCUT2D eigenvalue weighted by atomic mass is 16.3. The van der Waals surface area contributed by atoms with Gasteiger partial charge in [0.2, 0.25) is 5.91 Å². The minimum atomic E-state index is -0.283. The third-order valence-electron chi connectivity index (χ3n) is 4.97. The fraction of sp³-hybridized carbons (Fsp3) is 0.909. The van der Waals surface area contributed by atoms with Gasteiger partial charge < -0.3 is 10.0 Å². The van der Waals surface area contributed by atoms with Gasteiger partial charge in [-0.2, -0.15) is 0 Å². The highest BCUT2D eigenvalue weighted by Crippen LogP contribution is 2.65. The lowest BCUT2D eigenvalue weighted by molar-refractivity contribution is -0.142. The molecule has 0 aromatic heterocycles. The first-order valence-electron chi connectivity index (χ1n) is 6.06. The summed E-state index contributed by atoms with van der Waals surface area (Å²) >= 11 is 0. The molecule has 4 unspecified atom stereocenters. The lowest BCUT2D eigenvalue weighted by Gasteiger charge is -2.37. The minimum Gasteiger partial charge on any atom is -0.389 e. The number of aliphatic hydroxyl groups excluding tert-OH is 1. The maximum absolute atomic E-state index is 11.9. The SMILES string of the molecule is CN1C2CN(CC(=O)N3CC(O)C3)C3CC321. The summed E-state index contributed by atoms with van der Waals surface area (Å²) in [5.41, 5.74) is 0.481. The summed E-state index contributed by atoms with van der Waals surface area (Å²) in [6.07, 6.45) is 0.971. The summed E-state index contributed by atoms with van der Waals surface area (Å²) in [6, 6.07) is 1.35. The summed E-state index contributed by atoms with van der Waals surface area (Å²) < 4.78 is 0. The number of β-amino-alcohol motifs (C(OH)–C–C–N with tert-alkyl or cyclic N) is 1. The van der Waals surface area contributed by atoms with Crippen LogP contribution in [0, 0.1) is 0 Å². The Kier molecular flexibility index (Phi) is 1.53. The number of rotatable bonds is 2. The Hall–Kier alpha value is -0.650. The first kappa shape index (κ1) is 9.39. The molecule has 1 saturated carbocycles. The van der Waals surface area contributed by atoms with E-state index >= 15 is 0 Å². The van der Waals surface area contributed by atoms with Crippen LogP contribution in [0.15, 0.2) is 0 Å². The Morgan fingerprint density at radius 1 is 1.38 bits per heavy atom. The molecule has 4 fully saturated rings. The molecule has 4 rings (SSSR count). The van der Waals surface area contributed by atoms with Crippen LogP contribution in [0.2, 0.25) is 0 Å². The lowest BCUT2D eigenvalue weighted by atomic mass is 10.1. The van der Waals surface area contributed by atoms with Crippen LogP contribution in [0.5, 0.6) is 0 Å². The van der Waals surface area contributed by atoms with E-state index in [0.29, 0.717) is 37.3 Å². The number of hydrogen-bond acceptors (Lipinski definition) is 4. The van der Waals surface area contributed by atoms with E-state index in [9.17, 15) is 4.79 Å². The average molecular weight is 223 g/mol. The van der Waals surface area contributed by atoms with E-state index in [1.54, 1.807) is 4.90 Å². The monoisotopic (exact) mass is 223 g/mol. The summed E-state index contributed by atoms with van der Waals surface area (Å²) in [5.74, 6) is 0.191. The maximum Gasteiger partial charge on any atom is 0.236 e. The third-order valence-corrected chi connectivity index (χ3v) is 4.97. The number of piperidine rings is 1. The molecule has 5 heteroatoms. The van der Waals surface area contributed by atoms with Gasteiger partial charge in [0.05, 0.1) is 18.2 Å². The molecule has 88 valence electrons. The van der Waals surface area contributed by atoms with Crippen molar-refractivity contribution in [3.8, 4) is 0 Å². The van der Waals surface area contributed by atoms with Crippen LogP contribution in [0.25, 0.3) is 0 Å². The van der Waals surface area contributed by atoms with Gasteiger partial charge in [-0.3, -0.25) is 14.6 Å². The van der Waals surface area contributed by atoms with Crippen LogP contribution in [0.3, 0.4) is 0 Å². The number of aliphatic hydroxyl groups is 1. The molecule has 1 amide bonds. The van der Waals surface area contributed by atoms with Crippen LogP contribution in [0.4, 0.5) is 0 Å². The molecule has 0 radical (unpaired) electrons. The van der Waals surface area contributed by atoms with Gasteiger partial charge >= 0.3 is 0 Å². The predicted octanol–water partition coefficient (Wildman–Crippen LogP) is -1.67. The molecule has 4 aliphatic rings. The van der Waals surface area contributed by atoms with Gasteiger partial charge in [0.15, 0.2) is 0 Å². The van der Waals surface area contributed by atoms with Crippen molar-refractivity contribution < 1.29 is 9.90 Å². The highest BCUT2D eigenvalue weighted by molar-refractivity contribution is 5.79. The molecule has 4 atom stereocenters. The number of carbonyl (C=O) groups excluding carboxylic acids is 1. The Morgan fingerprint density at radius 2 is 2.12 bits per heavy atom. The molecule has 0 aromatic carbocycles. The van der Waals surface area contributed by atoms with E-state index in [0.717, 1.165) is 6.54 Å². The number of carbonyl (C=O) groups is 1. The number of likely N-dealkylation sites (N-methyl/N-ethyl adjacent to an activating group) is 1. The molecule has 3 aliphatic heterocycles. The van der Waals surface area contributed by atoms with Crippen LogP contribution < -0.4 is 0 Å². The molecule has 16 heavy (non-hydrogen) atoms. The molecule has 3 saturated heterocycles. The number of piperazine rings is 1. The van der Waals surface area contributed by atoms with Crippen LogP contribution >= 0.6 is 0 Å². The molecule has 5 nitrogen and oxygen atoms in total. The smallest absolute Gasteiger partial charge is 0.236 e. The van der Waals surface area contributed by atoms with E-state index in [4.69, 9.17) is 5.11 Å². The number of nitrogens with zero attached hydrogens (tertiary/aromatic N) is 3. The molecule has 1 spiro atoms. The zero-order valence-electron chi connectivity index (χ0n) is 9.46. The molecular formula is C11H17N3O2. The van der Waals surface area contributed by atoms with Crippen LogP contribution in [0.1, 0.15) is 6.42 Å². The average Bonchev–Trinajstić information content (AvgIpc) is 3.02. The fourth-order valence-electron chi connectivity index (χ4n) is 3.74. The predicted molar refractivity (Wildman–Crippen MR) is 56.8 cm³/mol. The standard InChI is InChI=1S/C11H17N3O2/c1-12-9-5-13(8-2-11(8,9)12)6-10(16)14-3-7(15)4-14/h7-9,15H,2-6H2,1H3. The van der Waals surface area contributed by atoms with E-state index in [1.165, 1.54) is 6.42 Å². The van der Waals surface area contributed by atoms with Crippen molar-refractivity contribution in [2.75, 3.05) is 33.2 Å². The topological polar surface area (TPSA) is 46.8 Å². The largest absolute Gasteiger partial charge is 0.389 e. The maximum atomic E-state index is 11.9. The van der Waals surface area contributed by atoms with E-state index in [1.807, 2.05) is 0 Å². The molecule has 0 bridgehead atoms. The second kappa shape index (κ2) is 2.60. The van der Waals surface area contributed by atoms with Crippen molar-refractivity contribution in [2.45, 2.75) is 30.1 Å². The van der Waals surface area contributed by atoms with Gasteiger partial charge in [-0.1, -0.05) is 0 Å². The molecule has 1 aliphatic carbocycles. The Morgan fingerprint density at radius 3 is 2.62 bits per heavy atom. The van der Waals surface area contributed by atoms with E-state index in [2.05, 4.69) is 16.8 Å². The number of hydrogen-bond donors (Lipinski definition) is 1. The van der Waals surface area contributed by atoms with Gasteiger partial charge in [-0.25, -0.2) is 0 Å². The zero-order chi connectivity index (χ0) is 11.1. The highest BCUT2D eigenvalue weighted by Gasteiger charge is 2.81. The number of likely N-dealkylation sites (tertiary alicyclic amines) is 2. The van der Waals surface area contributed by atoms with Gasteiger partial charge in [-0.15, -0.1) is 0 Å². The van der Waals surface area contributed by atoms with Gasteiger partial charge in [0, 0.05) is 31.7 Å². The summed E-state index contributed by atoms with van der Waals surface area (Å²) in [5, 5.41) is 9.16. The van der Waals surface area contributed by atoms with Gasteiger partial charge in [0.25, 0.3) is 0 Å². The Bertz CT molecular complexity index is 368. The van der Waals surface area contributed by atoms with Crippen molar-refractivity contribution in [2.24, 2.45) is 0 Å². The summed E-state index contributed by atoms with van der Waals surface area (Å²) in [6.45, 7) is 2.68.